The standard InChI is InChI=1S/C34H36N4O7S/c1-5-18-44-33(39)29-23(3)35-24(4)30(34(40)45-19-6-2)31(29)28-22-38(26-10-8-7-9-11-26)36-32(28)25-12-14-27(15-13-25)46(41,42)37-16-20-43-21-17-37/h5-15,22,31,35H,1-2,16-21H2,3-4H3. The predicted molar refractivity (Wildman–Crippen MR) is 172 cm³/mol. The number of morpholine rings is 1. The van der Waals surface area contributed by atoms with Gasteiger partial charge in [-0.1, -0.05) is 55.6 Å². The Morgan fingerprint density at radius 3 is 2.04 bits per heavy atom. The van der Waals surface area contributed by atoms with Crippen molar-refractivity contribution in [1.82, 2.24) is 19.4 Å². The summed E-state index contributed by atoms with van der Waals surface area (Å²) in [6.45, 7) is 11.9. The molecular formula is C34H36N4O7S. The first-order valence-corrected chi connectivity index (χ1v) is 16.2. The molecule has 3 heterocycles. The first-order chi connectivity index (χ1) is 22.2. The second-order valence-corrected chi connectivity index (χ2v) is 12.6. The zero-order chi connectivity index (χ0) is 32.8. The lowest BCUT2D eigenvalue weighted by Gasteiger charge is -2.30. The molecule has 240 valence electrons. The number of carbonyl (C=O) groups excluding carboxylic acids is 2. The van der Waals surface area contributed by atoms with E-state index in [2.05, 4.69) is 18.5 Å². The van der Waals surface area contributed by atoms with Crippen LogP contribution in [-0.2, 0) is 33.8 Å². The summed E-state index contributed by atoms with van der Waals surface area (Å²) in [5, 5.41) is 8.05. The van der Waals surface area contributed by atoms with Crippen molar-refractivity contribution in [3.8, 4) is 16.9 Å². The Kier molecular flexibility index (Phi) is 10.0. The molecule has 2 aliphatic rings. The van der Waals surface area contributed by atoms with Crippen LogP contribution in [0.4, 0.5) is 0 Å². The molecular weight excluding hydrogens is 608 g/mol. The third kappa shape index (κ3) is 6.59. The maximum absolute atomic E-state index is 13.6. The number of hydrogen-bond donors (Lipinski definition) is 1. The van der Waals surface area contributed by atoms with Gasteiger partial charge in [0.1, 0.15) is 13.2 Å². The van der Waals surface area contributed by atoms with E-state index in [0.29, 0.717) is 41.4 Å². The number of ether oxygens (including phenoxy) is 3. The quantitative estimate of drug-likeness (QED) is 0.241. The summed E-state index contributed by atoms with van der Waals surface area (Å²) in [4.78, 5) is 27.3. The van der Waals surface area contributed by atoms with E-state index >= 15 is 0 Å². The van der Waals surface area contributed by atoms with Gasteiger partial charge in [0.25, 0.3) is 0 Å². The number of esters is 2. The Balaban J connectivity index is 1.69. The Bertz CT molecular complexity index is 1760. The molecule has 12 heteroatoms. The number of nitrogens with one attached hydrogen (secondary N) is 1. The molecule has 1 N–H and O–H groups in total. The molecule has 0 unspecified atom stereocenters. The molecule has 0 aliphatic carbocycles. The molecule has 2 aliphatic heterocycles. The van der Waals surface area contributed by atoms with E-state index in [1.807, 2.05) is 30.3 Å². The van der Waals surface area contributed by atoms with Crippen molar-refractivity contribution < 1.29 is 32.2 Å². The summed E-state index contributed by atoms with van der Waals surface area (Å²) in [6, 6.07) is 15.8. The molecule has 11 nitrogen and oxygen atoms in total. The molecule has 2 aromatic carbocycles. The molecule has 1 aromatic heterocycles. The van der Waals surface area contributed by atoms with E-state index in [4.69, 9.17) is 19.3 Å². The van der Waals surface area contributed by atoms with E-state index < -0.39 is 27.9 Å². The fraction of sp³-hybridized carbons (Fsp3) is 0.265. The minimum atomic E-state index is -3.74. The van der Waals surface area contributed by atoms with Crippen molar-refractivity contribution in [2.45, 2.75) is 24.7 Å². The van der Waals surface area contributed by atoms with Gasteiger partial charge in [0.05, 0.1) is 46.6 Å². The highest BCUT2D eigenvalue weighted by atomic mass is 32.2. The second-order valence-electron chi connectivity index (χ2n) is 10.7. The highest BCUT2D eigenvalue weighted by Gasteiger charge is 2.40. The Hall–Kier alpha value is -4.78. The number of hydrogen-bond acceptors (Lipinski definition) is 9. The van der Waals surface area contributed by atoms with Crippen LogP contribution in [0.25, 0.3) is 16.9 Å². The van der Waals surface area contributed by atoms with Crippen LogP contribution in [-0.4, -0.2) is 74.0 Å². The molecule has 1 saturated heterocycles. The molecule has 0 atom stereocenters. The largest absolute Gasteiger partial charge is 0.458 e. The third-order valence-electron chi connectivity index (χ3n) is 7.67. The van der Waals surface area contributed by atoms with Crippen molar-refractivity contribution in [2.24, 2.45) is 0 Å². The molecule has 1 fully saturated rings. The fourth-order valence-corrected chi connectivity index (χ4v) is 6.94. The minimum absolute atomic E-state index is 0.0313. The Morgan fingerprint density at radius 2 is 1.50 bits per heavy atom. The lowest BCUT2D eigenvalue weighted by molar-refractivity contribution is -0.138. The Labute approximate surface area is 268 Å². The minimum Gasteiger partial charge on any atom is -0.458 e. The molecule has 0 bridgehead atoms. The van der Waals surface area contributed by atoms with E-state index in [1.165, 1.54) is 28.6 Å². The second kappa shape index (κ2) is 14.1. The molecule has 0 amide bonds. The summed E-state index contributed by atoms with van der Waals surface area (Å²) in [5.41, 5.74) is 3.69. The number of nitrogens with zero attached hydrogens (tertiary/aromatic N) is 3. The number of para-hydroxylation sites is 1. The van der Waals surface area contributed by atoms with Gasteiger partial charge in [-0.2, -0.15) is 9.40 Å². The van der Waals surface area contributed by atoms with Crippen molar-refractivity contribution >= 4 is 22.0 Å². The number of carbonyl (C=O) groups is 2. The number of sulfonamides is 1. The van der Waals surface area contributed by atoms with Gasteiger partial charge in [0.2, 0.25) is 10.0 Å². The van der Waals surface area contributed by atoms with Crippen LogP contribution >= 0.6 is 0 Å². The number of rotatable bonds is 11. The van der Waals surface area contributed by atoms with Crippen molar-refractivity contribution in [3.05, 3.63) is 114 Å². The van der Waals surface area contributed by atoms with E-state index in [-0.39, 0.29) is 42.3 Å². The normalized spacial score (nSPS) is 16.1. The number of aromatic nitrogens is 2. The number of dihydropyridines is 1. The molecule has 46 heavy (non-hydrogen) atoms. The number of benzene rings is 2. The molecule has 0 radical (unpaired) electrons. The van der Waals surface area contributed by atoms with Crippen molar-refractivity contribution in [1.29, 1.82) is 0 Å². The monoisotopic (exact) mass is 644 g/mol. The van der Waals surface area contributed by atoms with Crippen LogP contribution in [0.15, 0.2) is 114 Å². The van der Waals surface area contributed by atoms with Crippen LogP contribution in [0, 0.1) is 0 Å². The lowest BCUT2D eigenvalue weighted by Crippen LogP contribution is -2.40. The van der Waals surface area contributed by atoms with Gasteiger partial charge in [-0.05, 0) is 38.1 Å². The maximum atomic E-state index is 13.6. The van der Waals surface area contributed by atoms with Crippen LogP contribution in [0.5, 0.6) is 0 Å². The van der Waals surface area contributed by atoms with Gasteiger partial charge in [0.15, 0.2) is 0 Å². The maximum Gasteiger partial charge on any atom is 0.337 e. The fourth-order valence-electron chi connectivity index (χ4n) is 5.53. The average molecular weight is 645 g/mol. The van der Waals surface area contributed by atoms with Crippen LogP contribution < -0.4 is 5.32 Å². The molecule has 0 saturated carbocycles. The van der Waals surface area contributed by atoms with Gasteiger partial charge in [0, 0.05) is 41.8 Å². The summed E-state index contributed by atoms with van der Waals surface area (Å²) in [5.74, 6) is -2.22. The van der Waals surface area contributed by atoms with Gasteiger partial charge in [-0.25, -0.2) is 22.7 Å². The summed E-state index contributed by atoms with van der Waals surface area (Å²) in [7, 11) is -3.74. The molecule has 0 spiro atoms. The molecule has 3 aromatic rings. The van der Waals surface area contributed by atoms with Gasteiger partial charge >= 0.3 is 11.9 Å². The SMILES string of the molecule is C=CCOC(=O)C1=C(C)NC(C)=C(C(=O)OCC=C)C1c1cn(-c2ccccc2)nc1-c1ccc(S(=O)(=O)N2CCOCC2)cc1. The van der Waals surface area contributed by atoms with Crippen LogP contribution in [0.3, 0.4) is 0 Å². The van der Waals surface area contributed by atoms with Crippen molar-refractivity contribution in [2.75, 3.05) is 39.5 Å². The highest BCUT2D eigenvalue weighted by Crippen LogP contribution is 2.43. The summed E-state index contributed by atoms with van der Waals surface area (Å²) >= 11 is 0. The smallest absolute Gasteiger partial charge is 0.337 e. The zero-order valence-electron chi connectivity index (χ0n) is 25.8. The first-order valence-electron chi connectivity index (χ1n) is 14.7. The first kappa shape index (κ1) is 32.6. The highest BCUT2D eigenvalue weighted by molar-refractivity contribution is 7.89. The summed E-state index contributed by atoms with van der Waals surface area (Å²) < 4.78 is 46.0. The van der Waals surface area contributed by atoms with Crippen molar-refractivity contribution in [3.63, 3.8) is 0 Å². The van der Waals surface area contributed by atoms with E-state index in [0.717, 1.165) is 5.69 Å². The molecule has 5 rings (SSSR count). The van der Waals surface area contributed by atoms with Crippen LogP contribution in [0.2, 0.25) is 0 Å². The Morgan fingerprint density at radius 1 is 0.935 bits per heavy atom. The van der Waals surface area contributed by atoms with Gasteiger partial charge < -0.3 is 19.5 Å². The number of allylic oxidation sites excluding steroid dienone is 2. The predicted octanol–water partition coefficient (Wildman–Crippen LogP) is 4.25. The third-order valence-corrected chi connectivity index (χ3v) is 9.59. The average Bonchev–Trinajstić information content (AvgIpc) is 3.52. The lowest BCUT2D eigenvalue weighted by atomic mass is 9.79. The van der Waals surface area contributed by atoms with Gasteiger partial charge in [-0.15, -0.1) is 0 Å². The van der Waals surface area contributed by atoms with E-state index in [9.17, 15) is 18.0 Å². The zero-order valence-corrected chi connectivity index (χ0v) is 26.6. The van der Waals surface area contributed by atoms with Crippen LogP contribution in [0.1, 0.15) is 25.3 Å². The topological polar surface area (TPSA) is 129 Å². The summed E-state index contributed by atoms with van der Waals surface area (Å²) in [6.07, 6.45) is 4.69. The van der Waals surface area contributed by atoms with E-state index in [1.54, 1.807) is 36.9 Å². The van der Waals surface area contributed by atoms with Gasteiger partial charge in [-0.3, -0.25) is 0 Å².